The lowest BCUT2D eigenvalue weighted by Gasteiger charge is -2.17. The monoisotopic (exact) mass is 383 g/mol. The SMILES string of the molecule is Cc1ccc(Cn2c([C@@H](C)NC(=O)Cc3ccccc3)nc3ccccc32)cc1. The molecule has 146 valence electrons. The van der Waals surface area contributed by atoms with Crippen molar-refractivity contribution < 1.29 is 4.79 Å². The Morgan fingerprint density at radius 1 is 0.931 bits per heavy atom. The van der Waals surface area contributed by atoms with Gasteiger partial charge in [0.25, 0.3) is 0 Å². The largest absolute Gasteiger partial charge is 0.346 e. The van der Waals surface area contributed by atoms with Crippen LogP contribution in [-0.2, 0) is 17.8 Å². The van der Waals surface area contributed by atoms with Crippen LogP contribution in [0, 0.1) is 6.92 Å². The van der Waals surface area contributed by atoms with Crippen LogP contribution in [0.1, 0.15) is 35.5 Å². The third-order valence-corrected chi connectivity index (χ3v) is 5.12. The number of amides is 1. The lowest BCUT2D eigenvalue weighted by atomic mass is 10.1. The summed E-state index contributed by atoms with van der Waals surface area (Å²) in [5.74, 6) is 0.867. The molecule has 0 aliphatic carbocycles. The number of fused-ring (bicyclic) bond motifs is 1. The Morgan fingerprint density at radius 3 is 2.38 bits per heavy atom. The zero-order valence-electron chi connectivity index (χ0n) is 16.8. The van der Waals surface area contributed by atoms with Crippen molar-refractivity contribution in [2.24, 2.45) is 0 Å². The van der Waals surface area contributed by atoms with E-state index in [9.17, 15) is 4.79 Å². The summed E-state index contributed by atoms with van der Waals surface area (Å²) < 4.78 is 2.20. The normalized spacial score (nSPS) is 12.1. The fourth-order valence-electron chi connectivity index (χ4n) is 3.61. The predicted molar refractivity (Wildman–Crippen MR) is 117 cm³/mol. The minimum Gasteiger partial charge on any atom is -0.346 e. The molecule has 1 aromatic heterocycles. The van der Waals surface area contributed by atoms with Crippen LogP contribution in [-0.4, -0.2) is 15.5 Å². The molecule has 0 spiro atoms. The number of hydrogen-bond donors (Lipinski definition) is 1. The Balaban J connectivity index is 1.60. The summed E-state index contributed by atoms with van der Waals surface area (Å²) in [4.78, 5) is 17.4. The van der Waals surface area contributed by atoms with Gasteiger partial charge in [-0.2, -0.15) is 0 Å². The van der Waals surface area contributed by atoms with Gasteiger partial charge < -0.3 is 9.88 Å². The number of aromatic nitrogens is 2. The first-order valence-corrected chi connectivity index (χ1v) is 9.94. The van der Waals surface area contributed by atoms with Crippen LogP contribution in [0.2, 0.25) is 0 Å². The van der Waals surface area contributed by atoms with Crippen molar-refractivity contribution in [2.45, 2.75) is 32.9 Å². The first kappa shape index (κ1) is 18.9. The molecule has 1 amide bonds. The highest BCUT2D eigenvalue weighted by atomic mass is 16.1. The molecule has 1 heterocycles. The minimum atomic E-state index is -0.191. The summed E-state index contributed by atoms with van der Waals surface area (Å²) in [5.41, 5.74) is 5.48. The number of hydrogen-bond acceptors (Lipinski definition) is 2. The second-order valence-corrected chi connectivity index (χ2v) is 7.48. The molecule has 0 aliphatic heterocycles. The lowest BCUT2D eigenvalue weighted by Crippen LogP contribution is -2.30. The Hall–Kier alpha value is -3.40. The van der Waals surface area contributed by atoms with Crippen molar-refractivity contribution in [3.05, 3.63) is 101 Å². The Morgan fingerprint density at radius 2 is 1.62 bits per heavy atom. The van der Waals surface area contributed by atoms with E-state index in [0.717, 1.165) is 29.0 Å². The zero-order valence-corrected chi connectivity index (χ0v) is 16.8. The number of rotatable bonds is 6. The van der Waals surface area contributed by atoms with Gasteiger partial charge in [0.15, 0.2) is 0 Å². The van der Waals surface area contributed by atoms with Gasteiger partial charge in [0.1, 0.15) is 5.82 Å². The quantitative estimate of drug-likeness (QED) is 0.519. The van der Waals surface area contributed by atoms with Crippen LogP contribution >= 0.6 is 0 Å². The van der Waals surface area contributed by atoms with Crippen molar-refractivity contribution >= 4 is 16.9 Å². The molecule has 1 N–H and O–H groups in total. The summed E-state index contributed by atoms with van der Waals surface area (Å²) in [6, 6.07) is 26.3. The average molecular weight is 383 g/mol. The van der Waals surface area contributed by atoms with Gasteiger partial charge in [-0.3, -0.25) is 4.79 Å². The topological polar surface area (TPSA) is 46.9 Å². The maximum absolute atomic E-state index is 12.6. The van der Waals surface area contributed by atoms with E-state index in [1.54, 1.807) is 0 Å². The van der Waals surface area contributed by atoms with E-state index in [4.69, 9.17) is 4.98 Å². The highest BCUT2D eigenvalue weighted by Gasteiger charge is 2.18. The molecule has 0 bridgehead atoms. The van der Waals surface area contributed by atoms with Gasteiger partial charge in [0.05, 0.1) is 23.5 Å². The summed E-state index contributed by atoms with van der Waals surface area (Å²) in [7, 11) is 0. The van der Waals surface area contributed by atoms with E-state index in [1.165, 1.54) is 11.1 Å². The third kappa shape index (κ3) is 4.37. The highest BCUT2D eigenvalue weighted by molar-refractivity contribution is 5.79. The molecule has 0 radical (unpaired) electrons. The van der Waals surface area contributed by atoms with E-state index in [0.29, 0.717) is 6.42 Å². The fourth-order valence-corrected chi connectivity index (χ4v) is 3.61. The maximum Gasteiger partial charge on any atom is 0.224 e. The van der Waals surface area contributed by atoms with Crippen molar-refractivity contribution in [2.75, 3.05) is 0 Å². The number of aryl methyl sites for hydroxylation is 1. The summed E-state index contributed by atoms with van der Waals surface area (Å²) in [6.07, 6.45) is 0.364. The van der Waals surface area contributed by atoms with E-state index in [-0.39, 0.29) is 11.9 Å². The number of para-hydroxylation sites is 2. The predicted octanol–water partition coefficient (Wildman–Crippen LogP) is 4.81. The van der Waals surface area contributed by atoms with E-state index in [2.05, 4.69) is 47.1 Å². The number of nitrogens with one attached hydrogen (secondary N) is 1. The van der Waals surface area contributed by atoms with Crippen LogP contribution < -0.4 is 5.32 Å². The smallest absolute Gasteiger partial charge is 0.224 e. The molecule has 4 heteroatoms. The van der Waals surface area contributed by atoms with Crippen molar-refractivity contribution in [1.29, 1.82) is 0 Å². The second-order valence-electron chi connectivity index (χ2n) is 7.48. The van der Waals surface area contributed by atoms with Gasteiger partial charge in [-0.1, -0.05) is 72.3 Å². The molecule has 0 unspecified atom stereocenters. The van der Waals surface area contributed by atoms with Crippen LogP contribution in [0.5, 0.6) is 0 Å². The van der Waals surface area contributed by atoms with E-state index in [1.807, 2.05) is 55.5 Å². The molecule has 29 heavy (non-hydrogen) atoms. The van der Waals surface area contributed by atoms with Crippen molar-refractivity contribution in [3.8, 4) is 0 Å². The van der Waals surface area contributed by atoms with Gasteiger partial charge in [-0.05, 0) is 37.1 Å². The van der Waals surface area contributed by atoms with Gasteiger partial charge in [-0.25, -0.2) is 4.98 Å². The van der Waals surface area contributed by atoms with Crippen molar-refractivity contribution in [3.63, 3.8) is 0 Å². The molecule has 1 atom stereocenters. The first-order valence-electron chi connectivity index (χ1n) is 9.94. The number of carbonyl (C=O) groups excluding carboxylic acids is 1. The van der Waals surface area contributed by atoms with E-state index < -0.39 is 0 Å². The Kier molecular flexibility index (Phi) is 5.43. The standard InChI is InChI=1S/C25H25N3O/c1-18-12-14-21(15-13-18)17-28-23-11-7-6-10-22(23)27-25(28)19(2)26-24(29)16-20-8-4-3-5-9-20/h3-15,19H,16-17H2,1-2H3,(H,26,29)/t19-/m1/s1. The molecular formula is C25H25N3O. The van der Waals surface area contributed by atoms with Crippen LogP contribution in [0.25, 0.3) is 11.0 Å². The zero-order chi connectivity index (χ0) is 20.2. The molecule has 3 aromatic carbocycles. The Labute approximate surface area is 171 Å². The number of carbonyl (C=O) groups is 1. The molecule has 0 saturated heterocycles. The third-order valence-electron chi connectivity index (χ3n) is 5.12. The molecule has 4 nitrogen and oxygen atoms in total. The second kappa shape index (κ2) is 8.31. The van der Waals surface area contributed by atoms with Gasteiger partial charge in [-0.15, -0.1) is 0 Å². The fraction of sp³-hybridized carbons (Fsp3) is 0.200. The minimum absolute atomic E-state index is 0.00218. The van der Waals surface area contributed by atoms with Crippen LogP contribution in [0.4, 0.5) is 0 Å². The summed E-state index contributed by atoms with van der Waals surface area (Å²) >= 11 is 0. The highest BCUT2D eigenvalue weighted by Crippen LogP contribution is 2.22. The molecule has 4 aromatic rings. The van der Waals surface area contributed by atoms with Gasteiger partial charge in [0.2, 0.25) is 5.91 Å². The number of benzene rings is 3. The molecule has 0 fully saturated rings. The molecule has 0 saturated carbocycles. The van der Waals surface area contributed by atoms with Crippen LogP contribution in [0.15, 0.2) is 78.9 Å². The van der Waals surface area contributed by atoms with Gasteiger partial charge >= 0.3 is 0 Å². The number of imidazole rings is 1. The first-order chi connectivity index (χ1) is 14.1. The number of nitrogens with zero attached hydrogens (tertiary/aromatic N) is 2. The average Bonchev–Trinajstić information content (AvgIpc) is 3.09. The Bertz CT molecular complexity index is 1110. The maximum atomic E-state index is 12.6. The summed E-state index contributed by atoms with van der Waals surface area (Å²) in [5, 5.41) is 3.12. The molecule has 0 aliphatic rings. The van der Waals surface area contributed by atoms with Crippen LogP contribution in [0.3, 0.4) is 0 Å². The molecular weight excluding hydrogens is 358 g/mol. The lowest BCUT2D eigenvalue weighted by molar-refractivity contribution is -0.121. The van der Waals surface area contributed by atoms with E-state index >= 15 is 0 Å². The summed E-state index contributed by atoms with van der Waals surface area (Å²) in [6.45, 7) is 4.80. The molecule has 4 rings (SSSR count). The van der Waals surface area contributed by atoms with Crippen molar-refractivity contribution in [1.82, 2.24) is 14.9 Å². The van der Waals surface area contributed by atoms with Gasteiger partial charge in [0, 0.05) is 6.54 Å².